The van der Waals surface area contributed by atoms with Crippen molar-refractivity contribution in [3.8, 4) is 0 Å². The van der Waals surface area contributed by atoms with Crippen LogP contribution in [0.5, 0.6) is 0 Å². The molecule has 3 rings (SSSR count). The average molecular weight is 266 g/mol. The minimum atomic E-state index is -0.0862. The fraction of sp³-hybridized carbons (Fsp3) is 0.294. The van der Waals surface area contributed by atoms with Gasteiger partial charge in [-0.3, -0.25) is 9.78 Å². The quantitative estimate of drug-likeness (QED) is 0.927. The molecule has 1 heterocycles. The summed E-state index contributed by atoms with van der Waals surface area (Å²) < 4.78 is 0. The Morgan fingerprint density at radius 1 is 1.20 bits per heavy atom. The smallest absolute Gasteiger partial charge is 0.251 e. The van der Waals surface area contributed by atoms with Crippen LogP contribution in [0.4, 0.5) is 0 Å². The van der Waals surface area contributed by atoms with E-state index < -0.39 is 0 Å². The summed E-state index contributed by atoms with van der Waals surface area (Å²) in [5, 5.41) is 3.00. The summed E-state index contributed by atoms with van der Waals surface area (Å²) >= 11 is 0. The number of rotatable bonds is 3. The van der Waals surface area contributed by atoms with Gasteiger partial charge in [-0.15, -0.1) is 0 Å². The highest BCUT2D eigenvalue weighted by atomic mass is 16.1. The van der Waals surface area contributed by atoms with Crippen LogP contribution in [0.15, 0.2) is 42.6 Å². The van der Waals surface area contributed by atoms with E-state index in [0.29, 0.717) is 0 Å². The first-order valence-electron chi connectivity index (χ1n) is 7.07. The molecule has 0 bridgehead atoms. The lowest BCUT2D eigenvalue weighted by Crippen LogP contribution is -2.27. The SMILES string of the molecule is CC(NC(=O)c1ccc2c(c1)CCC2)c1ccccn1. The van der Waals surface area contributed by atoms with Gasteiger partial charge in [0.1, 0.15) is 0 Å². The molecule has 20 heavy (non-hydrogen) atoms. The molecule has 3 nitrogen and oxygen atoms in total. The van der Waals surface area contributed by atoms with Gasteiger partial charge in [0.05, 0.1) is 11.7 Å². The summed E-state index contributed by atoms with van der Waals surface area (Å²) in [6, 6.07) is 11.7. The molecule has 0 aliphatic heterocycles. The van der Waals surface area contributed by atoms with Crippen molar-refractivity contribution in [1.82, 2.24) is 10.3 Å². The van der Waals surface area contributed by atoms with Crippen molar-refractivity contribution < 1.29 is 4.79 Å². The molecule has 1 aliphatic rings. The van der Waals surface area contributed by atoms with Crippen molar-refractivity contribution in [3.05, 3.63) is 65.0 Å². The average Bonchev–Trinajstić information content (AvgIpc) is 2.95. The highest BCUT2D eigenvalue weighted by molar-refractivity contribution is 5.94. The van der Waals surface area contributed by atoms with Crippen molar-refractivity contribution >= 4 is 5.91 Å². The summed E-state index contributed by atoms with van der Waals surface area (Å²) in [7, 11) is 0. The van der Waals surface area contributed by atoms with E-state index in [1.165, 1.54) is 17.5 Å². The Balaban J connectivity index is 1.73. The van der Waals surface area contributed by atoms with E-state index in [9.17, 15) is 4.79 Å². The molecule has 1 atom stereocenters. The van der Waals surface area contributed by atoms with Gasteiger partial charge < -0.3 is 5.32 Å². The van der Waals surface area contributed by atoms with Gasteiger partial charge in [0.25, 0.3) is 5.91 Å². The molecule has 1 amide bonds. The molecule has 1 N–H and O–H groups in total. The molecule has 3 heteroatoms. The molecule has 1 aromatic carbocycles. The van der Waals surface area contributed by atoms with Crippen LogP contribution in [0.2, 0.25) is 0 Å². The Morgan fingerprint density at radius 2 is 2.05 bits per heavy atom. The molecule has 0 saturated heterocycles. The first kappa shape index (κ1) is 12.9. The number of fused-ring (bicyclic) bond motifs is 1. The Kier molecular flexibility index (Phi) is 3.50. The molecule has 0 saturated carbocycles. The Hall–Kier alpha value is -2.16. The maximum absolute atomic E-state index is 12.3. The largest absolute Gasteiger partial charge is 0.344 e. The van der Waals surface area contributed by atoms with Crippen molar-refractivity contribution in [2.45, 2.75) is 32.2 Å². The molecule has 0 fully saturated rings. The van der Waals surface area contributed by atoms with Gasteiger partial charge in [-0.2, -0.15) is 0 Å². The van der Waals surface area contributed by atoms with E-state index in [1.54, 1.807) is 6.20 Å². The molecule has 102 valence electrons. The number of nitrogens with zero attached hydrogens (tertiary/aromatic N) is 1. The van der Waals surface area contributed by atoms with Gasteiger partial charge in [0, 0.05) is 11.8 Å². The summed E-state index contributed by atoms with van der Waals surface area (Å²) in [6.07, 6.45) is 5.17. The van der Waals surface area contributed by atoms with Crippen LogP contribution in [-0.4, -0.2) is 10.9 Å². The van der Waals surface area contributed by atoms with Gasteiger partial charge in [-0.05, 0) is 61.6 Å². The molecule has 2 aromatic rings. The van der Waals surface area contributed by atoms with E-state index in [1.807, 2.05) is 37.3 Å². The highest BCUT2D eigenvalue weighted by Gasteiger charge is 2.16. The van der Waals surface area contributed by atoms with E-state index in [0.717, 1.165) is 24.1 Å². The van der Waals surface area contributed by atoms with Crippen LogP contribution in [0.25, 0.3) is 0 Å². The second-order valence-corrected chi connectivity index (χ2v) is 5.29. The molecular formula is C17H18N2O. The molecule has 0 spiro atoms. The molecule has 1 aromatic heterocycles. The maximum Gasteiger partial charge on any atom is 0.251 e. The van der Waals surface area contributed by atoms with E-state index in [-0.39, 0.29) is 11.9 Å². The van der Waals surface area contributed by atoms with Gasteiger partial charge >= 0.3 is 0 Å². The van der Waals surface area contributed by atoms with E-state index in [2.05, 4.69) is 16.4 Å². The van der Waals surface area contributed by atoms with Gasteiger partial charge in [0.15, 0.2) is 0 Å². The Morgan fingerprint density at radius 3 is 2.85 bits per heavy atom. The second-order valence-electron chi connectivity index (χ2n) is 5.29. The fourth-order valence-corrected chi connectivity index (χ4v) is 2.70. The number of nitrogens with one attached hydrogen (secondary N) is 1. The van der Waals surface area contributed by atoms with Crippen molar-refractivity contribution in [2.75, 3.05) is 0 Å². The van der Waals surface area contributed by atoms with Crippen LogP contribution < -0.4 is 5.32 Å². The zero-order valence-corrected chi connectivity index (χ0v) is 11.6. The van der Waals surface area contributed by atoms with Crippen molar-refractivity contribution in [2.24, 2.45) is 0 Å². The Bertz CT molecular complexity index is 622. The number of hydrogen-bond donors (Lipinski definition) is 1. The third-order valence-electron chi connectivity index (χ3n) is 3.84. The number of pyridine rings is 1. The summed E-state index contributed by atoms with van der Waals surface area (Å²) in [5.41, 5.74) is 4.33. The first-order chi connectivity index (χ1) is 9.74. The van der Waals surface area contributed by atoms with Crippen LogP contribution in [0.1, 0.15) is 46.6 Å². The zero-order chi connectivity index (χ0) is 13.9. The number of aromatic nitrogens is 1. The third-order valence-corrected chi connectivity index (χ3v) is 3.84. The standard InChI is InChI=1S/C17H18N2O/c1-12(16-7-2-3-10-18-16)19-17(20)15-9-8-13-5-4-6-14(13)11-15/h2-3,7-12H,4-6H2,1H3,(H,19,20). The van der Waals surface area contributed by atoms with E-state index in [4.69, 9.17) is 0 Å². The topological polar surface area (TPSA) is 42.0 Å². The van der Waals surface area contributed by atoms with Crippen LogP contribution in [0.3, 0.4) is 0 Å². The van der Waals surface area contributed by atoms with Crippen molar-refractivity contribution in [3.63, 3.8) is 0 Å². The fourth-order valence-electron chi connectivity index (χ4n) is 2.70. The number of carbonyl (C=O) groups excluding carboxylic acids is 1. The van der Waals surface area contributed by atoms with Gasteiger partial charge in [0.2, 0.25) is 0 Å². The monoisotopic (exact) mass is 266 g/mol. The van der Waals surface area contributed by atoms with Crippen LogP contribution in [0, 0.1) is 0 Å². The molecule has 1 unspecified atom stereocenters. The lowest BCUT2D eigenvalue weighted by atomic mass is 10.1. The van der Waals surface area contributed by atoms with Crippen molar-refractivity contribution in [1.29, 1.82) is 0 Å². The number of amides is 1. The predicted octanol–water partition coefficient (Wildman–Crippen LogP) is 3.06. The molecular weight excluding hydrogens is 248 g/mol. The predicted molar refractivity (Wildman–Crippen MR) is 78.6 cm³/mol. The number of carbonyl (C=O) groups is 1. The normalized spacial score (nSPS) is 14.7. The van der Waals surface area contributed by atoms with Crippen LogP contribution in [-0.2, 0) is 12.8 Å². The third kappa shape index (κ3) is 2.57. The second kappa shape index (κ2) is 5.45. The van der Waals surface area contributed by atoms with Crippen LogP contribution >= 0.6 is 0 Å². The summed E-state index contributed by atoms with van der Waals surface area (Å²) in [4.78, 5) is 16.6. The van der Waals surface area contributed by atoms with Gasteiger partial charge in [-0.1, -0.05) is 12.1 Å². The number of benzene rings is 1. The summed E-state index contributed by atoms with van der Waals surface area (Å²) in [6.45, 7) is 1.95. The zero-order valence-electron chi connectivity index (χ0n) is 11.6. The first-order valence-corrected chi connectivity index (χ1v) is 7.07. The van der Waals surface area contributed by atoms with E-state index >= 15 is 0 Å². The maximum atomic E-state index is 12.3. The van der Waals surface area contributed by atoms with Gasteiger partial charge in [-0.25, -0.2) is 0 Å². The number of aryl methyl sites for hydroxylation is 2. The number of hydrogen-bond acceptors (Lipinski definition) is 2. The summed E-state index contributed by atoms with van der Waals surface area (Å²) in [5.74, 6) is -0.0298. The minimum Gasteiger partial charge on any atom is -0.344 e. The minimum absolute atomic E-state index is 0.0298. The lowest BCUT2D eigenvalue weighted by Gasteiger charge is -2.13. The Labute approximate surface area is 119 Å². The lowest BCUT2D eigenvalue weighted by molar-refractivity contribution is 0.0939. The molecule has 0 radical (unpaired) electrons. The molecule has 1 aliphatic carbocycles. The highest BCUT2D eigenvalue weighted by Crippen LogP contribution is 2.23.